The van der Waals surface area contributed by atoms with Crippen LogP contribution in [0.15, 0.2) is 36.5 Å². The first-order valence-corrected chi connectivity index (χ1v) is 6.26. The highest BCUT2D eigenvalue weighted by atomic mass is 35.5. The maximum atomic E-state index is 12.4. The second kappa shape index (κ2) is 5.73. The Labute approximate surface area is 123 Å². The number of amides is 1. The van der Waals surface area contributed by atoms with Gasteiger partial charge in [-0.2, -0.15) is 13.2 Å². The fourth-order valence-corrected chi connectivity index (χ4v) is 1.93. The molecule has 0 aliphatic rings. The maximum Gasteiger partial charge on any atom is 0.416 e. The Bertz CT molecular complexity index is 669. The molecule has 0 radical (unpaired) electrons. The molecular formula is C14H10ClF3N2O. The Morgan fingerprint density at radius 1 is 1.24 bits per heavy atom. The van der Waals surface area contributed by atoms with E-state index in [4.69, 9.17) is 11.6 Å². The van der Waals surface area contributed by atoms with Crippen LogP contribution in [0.1, 0.15) is 21.6 Å². The number of carbonyl (C=O) groups is 1. The van der Waals surface area contributed by atoms with Crippen molar-refractivity contribution >= 4 is 23.2 Å². The highest BCUT2D eigenvalue weighted by molar-refractivity contribution is 6.34. The summed E-state index contributed by atoms with van der Waals surface area (Å²) in [4.78, 5) is 15.9. The van der Waals surface area contributed by atoms with Crippen LogP contribution in [0, 0.1) is 6.92 Å². The summed E-state index contributed by atoms with van der Waals surface area (Å²) >= 11 is 5.93. The number of benzene rings is 1. The molecule has 110 valence electrons. The quantitative estimate of drug-likeness (QED) is 0.897. The summed E-state index contributed by atoms with van der Waals surface area (Å²) in [5.41, 5.74) is 0.272. The van der Waals surface area contributed by atoms with Crippen LogP contribution in [0.4, 0.5) is 18.9 Å². The summed E-state index contributed by atoms with van der Waals surface area (Å²) in [6.45, 7) is 1.73. The first kappa shape index (κ1) is 15.3. The molecule has 1 aromatic carbocycles. The zero-order valence-corrected chi connectivity index (χ0v) is 11.6. The van der Waals surface area contributed by atoms with Crippen LogP contribution in [-0.2, 0) is 6.18 Å². The van der Waals surface area contributed by atoms with Gasteiger partial charge in [0.1, 0.15) is 0 Å². The van der Waals surface area contributed by atoms with Gasteiger partial charge in [-0.05, 0) is 37.3 Å². The molecule has 0 saturated heterocycles. The number of alkyl halides is 3. The molecule has 1 aromatic heterocycles. The molecular weight excluding hydrogens is 305 g/mol. The van der Waals surface area contributed by atoms with Gasteiger partial charge in [-0.15, -0.1) is 0 Å². The monoisotopic (exact) mass is 314 g/mol. The van der Waals surface area contributed by atoms with Crippen LogP contribution >= 0.6 is 11.6 Å². The van der Waals surface area contributed by atoms with Crippen LogP contribution in [0.2, 0.25) is 5.02 Å². The SMILES string of the molecule is Cc1cc(Cl)c(C(=O)Nc2ccc(C(F)(F)F)cc2)cn1. The number of hydrogen-bond donors (Lipinski definition) is 1. The Balaban J connectivity index is 2.16. The second-order valence-corrected chi connectivity index (χ2v) is 4.74. The molecule has 3 nitrogen and oxygen atoms in total. The lowest BCUT2D eigenvalue weighted by Gasteiger charge is -2.09. The van der Waals surface area contributed by atoms with E-state index in [1.165, 1.54) is 24.4 Å². The zero-order chi connectivity index (χ0) is 15.6. The van der Waals surface area contributed by atoms with Crippen molar-refractivity contribution in [3.05, 3.63) is 58.4 Å². The average Bonchev–Trinajstić information content (AvgIpc) is 2.38. The number of halogens is 4. The van der Waals surface area contributed by atoms with Gasteiger partial charge in [-0.1, -0.05) is 11.6 Å². The van der Waals surface area contributed by atoms with Crippen LogP contribution in [0.25, 0.3) is 0 Å². The lowest BCUT2D eigenvalue weighted by molar-refractivity contribution is -0.137. The number of pyridine rings is 1. The van der Waals surface area contributed by atoms with Crippen LogP contribution in [0.5, 0.6) is 0 Å². The predicted octanol–water partition coefficient (Wildman–Crippen LogP) is 4.31. The molecule has 1 amide bonds. The second-order valence-electron chi connectivity index (χ2n) is 4.33. The van der Waals surface area contributed by atoms with Crippen molar-refractivity contribution in [1.82, 2.24) is 4.98 Å². The molecule has 0 aliphatic heterocycles. The third-order valence-electron chi connectivity index (χ3n) is 2.70. The van der Waals surface area contributed by atoms with E-state index in [0.29, 0.717) is 5.69 Å². The van der Waals surface area contributed by atoms with Crippen LogP contribution in [-0.4, -0.2) is 10.9 Å². The Morgan fingerprint density at radius 3 is 2.38 bits per heavy atom. The molecule has 0 saturated carbocycles. The number of nitrogens with one attached hydrogen (secondary N) is 1. The van der Waals surface area contributed by atoms with Gasteiger partial charge < -0.3 is 5.32 Å². The number of carbonyl (C=O) groups excluding carboxylic acids is 1. The molecule has 1 N–H and O–H groups in total. The molecule has 2 aromatic rings. The molecule has 0 atom stereocenters. The van der Waals surface area contributed by atoms with E-state index in [2.05, 4.69) is 10.3 Å². The van der Waals surface area contributed by atoms with Crippen molar-refractivity contribution in [3.63, 3.8) is 0 Å². The molecule has 0 fully saturated rings. The van der Waals surface area contributed by atoms with Gasteiger partial charge in [0.05, 0.1) is 16.1 Å². The van der Waals surface area contributed by atoms with E-state index in [1.807, 2.05) is 0 Å². The number of anilines is 1. The highest BCUT2D eigenvalue weighted by Gasteiger charge is 2.30. The third kappa shape index (κ3) is 3.72. The molecule has 1 heterocycles. The van der Waals surface area contributed by atoms with Crippen molar-refractivity contribution in [3.8, 4) is 0 Å². The van der Waals surface area contributed by atoms with Gasteiger partial charge in [0.15, 0.2) is 0 Å². The lowest BCUT2D eigenvalue weighted by atomic mass is 10.2. The molecule has 0 spiro atoms. The van der Waals surface area contributed by atoms with Crippen molar-refractivity contribution in [1.29, 1.82) is 0 Å². The average molecular weight is 315 g/mol. The van der Waals surface area contributed by atoms with E-state index in [-0.39, 0.29) is 16.3 Å². The van der Waals surface area contributed by atoms with Gasteiger partial charge >= 0.3 is 6.18 Å². The zero-order valence-electron chi connectivity index (χ0n) is 10.8. The minimum absolute atomic E-state index is 0.155. The van der Waals surface area contributed by atoms with Crippen molar-refractivity contribution in [2.75, 3.05) is 5.32 Å². The Hall–Kier alpha value is -2.08. The predicted molar refractivity (Wildman–Crippen MR) is 73.4 cm³/mol. The van der Waals surface area contributed by atoms with Crippen molar-refractivity contribution < 1.29 is 18.0 Å². The number of rotatable bonds is 2. The number of aromatic nitrogens is 1. The number of nitrogens with zero attached hydrogens (tertiary/aromatic N) is 1. The summed E-state index contributed by atoms with van der Waals surface area (Å²) in [5, 5.41) is 2.70. The molecule has 0 unspecified atom stereocenters. The topological polar surface area (TPSA) is 42.0 Å². The van der Waals surface area contributed by atoms with E-state index in [1.54, 1.807) is 6.92 Å². The van der Waals surface area contributed by atoms with E-state index < -0.39 is 17.6 Å². The minimum atomic E-state index is -4.41. The van der Waals surface area contributed by atoms with Gasteiger partial charge in [-0.3, -0.25) is 9.78 Å². The molecule has 2 rings (SSSR count). The molecule has 7 heteroatoms. The summed E-state index contributed by atoms with van der Waals surface area (Å²) in [5.74, 6) is -0.535. The van der Waals surface area contributed by atoms with Crippen LogP contribution in [0.3, 0.4) is 0 Å². The fourth-order valence-electron chi connectivity index (χ4n) is 1.63. The normalized spacial score (nSPS) is 11.3. The van der Waals surface area contributed by atoms with Gasteiger partial charge in [0.25, 0.3) is 5.91 Å². The first-order valence-electron chi connectivity index (χ1n) is 5.88. The summed E-state index contributed by atoms with van der Waals surface area (Å²) < 4.78 is 37.3. The number of hydrogen-bond acceptors (Lipinski definition) is 2. The fraction of sp³-hybridized carbons (Fsp3) is 0.143. The Morgan fingerprint density at radius 2 is 1.86 bits per heavy atom. The van der Waals surface area contributed by atoms with E-state index in [9.17, 15) is 18.0 Å². The largest absolute Gasteiger partial charge is 0.416 e. The van der Waals surface area contributed by atoms with Gasteiger partial charge in [-0.25, -0.2) is 0 Å². The van der Waals surface area contributed by atoms with Gasteiger partial charge in [0, 0.05) is 17.6 Å². The molecule has 0 aliphatic carbocycles. The summed E-state index contributed by atoms with van der Waals surface area (Å²) in [6.07, 6.45) is -3.09. The third-order valence-corrected chi connectivity index (χ3v) is 3.02. The van der Waals surface area contributed by atoms with Crippen LogP contribution < -0.4 is 5.32 Å². The van der Waals surface area contributed by atoms with Crippen molar-refractivity contribution in [2.45, 2.75) is 13.1 Å². The summed E-state index contributed by atoms with van der Waals surface area (Å²) in [6, 6.07) is 5.67. The Kier molecular flexibility index (Phi) is 4.18. The highest BCUT2D eigenvalue weighted by Crippen LogP contribution is 2.30. The first-order chi connectivity index (χ1) is 9.77. The van der Waals surface area contributed by atoms with E-state index in [0.717, 1.165) is 12.1 Å². The van der Waals surface area contributed by atoms with E-state index >= 15 is 0 Å². The lowest BCUT2D eigenvalue weighted by Crippen LogP contribution is -2.13. The van der Waals surface area contributed by atoms with Crippen molar-refractivity contribution in [2.24, 2.45) is 0 Å². The maximum absolute atomic E-state index is 12.4. The smallest absolute Gasteiger partial charge is 0.322 e. The minimum Gasteiger partial charge on any atom is -0.322 e. The number of aryl methyl sites for hydroxylation is 1. The molecule has 21 heavy (non-hydrogen) atoms. The summed E-state index contributed by atoms with van der Waals surface area (Å²) in [7, 11) is 0. The molecule has 0 bridgehead atoms. The van der Waals surface area contributed by atoms with Gasteiger partial charge in [0.2, 0.25) is 0 Å². The standard InChI is InChI=1S/C14H10ClF3N2O/c1-8-6-12(15)11(7-19-8)13(21)20-10-4-2-9(3-5-10)14(16,17)18/h2-7H,1H3,(H,20,21).